The smallest absolute Gasteiger partial charge is 0.201 e. The Morgan fingerprint density at radius 2 is 1.68 bits per heavy atom. The van der Waals surface area contributed by atoms with Crippen LogP contribution in [-0.2, 0) is 9.84 Å². The molecule has 2 atom stereocenters. The van der Waals surface area contributed by atoms with Gasteiger partial charge in [-0.2, -0.15) is 0 Å². The quantitative estimate of drug-likeness (QED) is 0.500. The number of benzene rings is 3. The lowest BCUT2D eigenvalue weighted by molar-refractivity contribution is 0.0761. The van der Waals surface area contributed by atoms with E-state index in [-0.39, 0.29) is 21.8 Å². The fourth-order valence-corrected chi connectivity index (χ4v) is 7.06. The number of sulfone groups is 1. The van der Waals surface area contributed by atoms with Gasteiger partial charge in [-0.25, -0.2) is 12.8 Å². The van der Waals surface area contributed by atoms with Crippen LogP contribution in [0.2, 0.25) is 0 Å². The van der Waals surface area contributed by atoms with E-state index < -0.39 is 32.3 Å². The SMILES string of the molecule is COc1ccc2c(c1OC)C=C(C)[C@@]1(S(=O)(=O)c3ccc(F)cc3)C(=O)c3ccccc3O[C@@H]21. The van der Waals surface area contributed by atoms with E-state index >= 15 is 0 Å². The number of para-hydroxylation sites is 1. The maximum Gasteiger partial charge on any atom is 0.201 e. The van der Waals surface area contributed by atoms with Crippen LogP contribution in [-0.4, -0.2) is 33.2 Å². The van der Waals surface area contributed by atoms with Gasteiger partial charge in [0.15, 0.2) is 33.2 Å². The molecule has 8 heteroatoms. The fourth-order valence-electron chi connectivity index (χ4n) is 4.90. The molecular weight excluding hydrogens is 459 g/mol. The molecule has 3 aromatic rings. The van der Waals surface area contributed by atoms with Crippen LogP contribution in [0.5, 0.6) is 17.2 Å². The molecule has 0 spiro atoms. The summed E-state index contributed by atoms with van der Waals surface area (Å²) in [6, 6.07) is 14.3. The molecule has 1 heterocycles. The molecule has 0 aromatic heterocycles. The maximum atomic E-state index is 14.3. The summed E-state index contributed by atoms with van der Waals surface area (Å²) in [6.45, 7) is 1.59. The third-order valence-electron chi connectivity index (χ3n) is 6.48. The van der Waals surface area contributed by atoms with Crippen LogP contribution in [0.25, 0.3) is 6.08 Å². The summed E-state index contributed by atoms with van der Waals surface area (Å²) >= 11 is 0. The number of halogens is 1. The summed E-state index contributed by atoms with van der Waals surface area (Å²) in [5.41, 5.74) is 1.47. The summed E-state index contributed by atoms with van der Waals surface area (Å²) in [5.74, 6) is -0.0258. The Morgan fingerprint density at radius 1 is 0.971 bits per heavy atom. The lowest BCUT2D eigenvalue weighted by Gasteiger charge is -2.45. The molecule has 5 rings (SSSR count). The highest BCUT2D eigenvalue weighted by atomic mass is 32.2. The Bertz CT molecular complexity index is 1460. The van der Waals surface area contributed by atoms with Gasteiger partial charge in [0, 0.05) is 11.1 Å². The van der Waals surface area contributed by atoms with Crippen molar-refractivity contribution in [1.29, 1.82) is 0 Å². The molecule has 0 amide bonds. The van der Waals surface area contributed by atoms with Gasteiger partial charge in [0.25, 0.3) is 0 Å². The minimum atomic E-state index is -4.40. The van der Waals surface area contributed by atoms with E-state index in [9.17, 15) is 17.6 Å². The molecule has 3 aromatic carbocycles. The molecule has 1 aliphatic heterocycles. The number of ketones is 1. The number of Topliss-reactive ketones (excluding diaryl/α,β-unsaturated/α-hetero) is 1. The Hall–Kier alpha value is -3.65. The third-order valence-corrected chi connectivity index (χ3v) is 8.94. The summed E-state index contributed by atoms with van der Waals surface area (Å²) in [7, 11) is -1.41. The summed E-state index contributed by atoms with van der Waals surface area (Å²) in [6.07, 6.45) is 0.424. The van der Waals surface area contributed by atoms with Crippen molar-refractivity contribution in [3.05, 3.63) is 88.7 Å². The van der Waals surface area contributed by atoms with Gasteiger partial charge < -0.3 is 14.2 Å². The average molecular weight is 481 g/mol. The van der Waals surface area contributed by atoms with Gasteiger partial charge >= 0.3 is 0 Å². The highest BCUT2D eigenvalue weighted by Crippen LogP contribution is 2.56. The minimum absolute atomic E-state index is 0.168. The molecule has 0 N–H and O–H groups in total. The number of ether oxygens (including phenoxy) is 3. The second-order valence-electron chi connectivity index (χ2n) is 8.15. The van der Waals surface area contributed by atoms with Crippen LogP contribution in [0.15, 0.2) is 71.1 Å². The third kappa shape index (κ3) is 2.78. The molecule has 34 heavy (non-hydrogen) atoms. The molecule has 0 saturated carbocycles. The van der Waals surface area contributed by atoms with Crippen LogP contribution < -0.4 is 14.2 Å². The van der Waals surface area contributed by atoms with Crippen LogP contribution >= 0.6 is 0 Å². The lowest BCUT2D eigenvalue weighted by Crippen LogP contribution is -2.57. The van der Waals surface area contributed by atoms with Crippen molar-refractivity contribution in [3.63, 3.8) is 0 Å². The van der Waals surface area contributed by atoms with E-state index in [4.69, 9.17) is 14.2 Å². The highest BCUT2D eigenvalue weighted by Gasteiger charge is 2.64. The van der Waals surface area contributed by atoms with Gasteiger partial charge in [-0.05, 0) is 61.0 Å². The molecule has 0 fully saturated rings. The topological polar surface area (TPSA) is 78.9 Å². The zero-order chi connectivity index (χ0) is 24.3. The largest absolute Gasteiger partial charge is 0.493 e. The van der Waals surface area contributed by atoms with Gasteiger partial charge in [-0.3, -0.25) is 4.79 Å². The number of hydrogen-bond donors (Lipinski definition) is 0. The standard InChI is InChI=1S/C26H21FO6S/c1-15-14-20-18(12-13-22(31-2)23(20)32-3)25-26(15,24(28)19-6-4-5-7-21(19)33-25)34(29,30)17-10-8-16(27)9-11-17/h4-14,25H,1-3H3/t25-,26+/m0/s1. The minimum Gasteiger partial charge on any atom is -0.493 e. The van der Waals surface area contributed by atoms with E-state index in [2.05, 4.69) is 0 Å². The predicted octanol–water partition coefficient (Wildman–Crippen LogP) is 4.79. The van der Waals surface area contributed by atoms with Gasteiger partial charge in [-0.15, -0.1) is 0 Å². The molecule has 174 valence electrons. The van der Waals surface area contributed by atoms with E-state index in [0.717, 1.165) is 12.1 Å². The van der Waals surface area contributed by atoms with Crippen molar-refractivity contribution < 1.29 is 31.8 Å². The summed E-state index contributed by atoms with van der Waals surface area (Å²) < 4.78 is 57.3. The van der Waals surface area contributed by atoms with E-state index in [0.29, 0.717) is 22.6 Å². The number of carbonyl (C=O) groups is 1. The Balaban J connectivity index is 1.87. The molecular formula is C26H21FO6S. The van der Waals surface area contributed by atoms with E-state index in [1.165, 1.54) is 26.4 Å². The second-order valence-corrected chi connectivity index (χ2v) is 10.3. The molecule has 0 saturated heterocycles. The number of methoxy groups -OCH3 is 2. The van der Waals surface area contributed by atoms with Crippen molar-refractivity contribution in [1.82, 2.24) is 0 Å². The molecule has 0 radical (unpaired) electrons. The molecule has 2 aliphatic rings. The van der Waals surface area contributed by atoms with Crippen molar-refractivity contribution in [3.8, 4) is 17.2 Å². The summed E-state index contributed by atoms with van der Waals surface area (Å²) in [5, 5.41) is 0. The van der Waals surface area contributed by atoms with Crippen LogP contribution in [0.1, 0.15) is 34.5 Å². The Kier molecular flexibility index (Phi) is 5.02. The molecule has 0 bridgehead atoms. The van der Waals surface area contributed by atoms with Crippen LogP contribution in [0, 0.1) is 5.82 Å². The second kappa shape index (κ2) is 7.70. The van der Waals surface area contributed by atoms with Gasteiger partial charge in [0.2, 0.25) is 4.75 Å². The van der Waals surface area contributed by atoms with Gasteiger partial charge in [0.05, 0.1) is 24.7 Å². The summed E-state index contributed by atoms with van der Waals surface area (Å²) in [4.78, 5) is 14.0. The van der Waals surface area contributed by atoms with Gasteiger partial charge in [-0.1, -0.05) is 18.2 Å². The Labute approximate surface area is 196 Å². The van der Waals surface area contributed by atoms with Crippen molar-refractivity contribution >= 4 is 21.7 Å². The first-order chi connectivity index (χ1) is 16.3. The highest BCUT2D eigenvalue weighted by molar-refractivity contribution is 7.94. The van der Waals surface area contributed by atoms with Crippen molar-refractivity contribution in [2.24, 2.45) is 0 Å². The number of carbonyl (C=O) groups excluding carboxylic acids is 1. The molecule has 6 nitrogen and oxygen atoms in total. The molecule has 1 aliphatic carbocycles. The predicted molar refractivity (Wildman–Crippen MR) is 124 cm³/mol. The van der Waals surface area contributed by atoms with E-state index in [1.807, 2.05) is 0 Å². The first-order valence-electron chi connectivity index (χ1n) is 10.5. The maximum absolute atomic E-state index is 14.3. The lowest BCUT2D eigenvalue weighted by atomic mass is 9.74. The zero-order valence-corrected chi connectivity index (χ0v) is 19.5. The van der Waals surface area contributed by atoms with Crippen molar-refractivity contribution in [2.75, 3.05) is 14.2 Å². The normalized spacial score (nSPS) is 20.9. The fraction of sp³-hybridized carbons (Fsp3) is 0.192. The zero-order valence-electron chi connectivity index (χ0n) is 18.7. The monoisotopic (exact) mass is 480 g/mol. The first kappa shape index (κ1) is 22.2. The number of rotatable bonds is 4. The van der Waals surface area contributed by atoms with Crippen molar-refractivity contribution in [2.45, 2.75) is 22.7 Å². The Morgan fingerprint density at radius 3 is 2.35 bits per heavy atom. The van der Waals surface area contributed by atoms with Gasteiger partial charge in [0.1, 0.15) is 11.6 Å². The molecule has 0 unspecified atom stereocenters. The van der Waals surface area contributed by atoms with Crippen LogP contribution in [0.3, 0.4) is 0 Å². The first-order valence-corrected chi connectivity index (χ1v) is 12.0. The van der Waals surface area contributed by atoms with E-state index in [1.54, 1.807) is 49.4 Å². The number of hydrogen-bond acceptors (Lipinski definition) is 6. The van der Waals surface area contributed by atoms with Crippen LogP contribution in [0.4, 0.5) is 4.39 Å². The number of fused-ring (bicyclic) bond motifs is 4. The average Bonchev–Trinajstić information content (AvgIpc) is 2.83.